The quantitative estimate of drug-likeness (QED) is 0.897. The van der Waals surface area contributed by atoms with Gasteiger partial charge in [-0.1, -0.05) is 0 Å². The third-order valence-electron chi connectivity index (χ3n) is 5.44. The van der Waals surface area contributed by atoms with Crippen molar-refractivity contribution >= 4 is 11.6 Å². The van der Waals surface area contributed by atoms with Crippen LogP contribution in [0.2, 0.25) is 0 Å². The number of aromatic amines is 1. The average molecular weight is 370 g/mol. The van der Waals surface area contributed by atoms with Gasteiger partial charge in [0.05, 0.1) is 20.3 Å². The Bertz CT molecular complexity index is 800. The number of ether oxygens (including phenoxy) is 2. The summed E-state index contributed by atoms with van der Waals surface area (Å²) in [4.78, 5) is 17.0. The number of anilines is 1. The molecule has 1 amide bonds. The van der Waals surface area contributed by atoms with Crippen molar-refractivity contribution in [1.29, 1.82) is 0 Å². The van der Waals surface area contributed by atoms with E-state index in [-0.39, 0.29) is 11.5 Å². The fraction of sp³-hybridized carbons (Fsp3) is 0.500. The number of hydrogen-bond donors (Lipinski definition) is 1. The van der Waals surface area contributed by atoms with Gasteiger partial charge in [0.2, 0.25) is 0 Å². The standard InChI is InChI=1S/C20H26N4O3/c1-15-12-18(22-21-15)19(25)24-10-11-27-20(14-24)8-3-9-23(13-20)16-4-6-17(26-2)7-5-16/h4-7,12H,3,8-11,13-14H2,1-2H3,(H,21,22)/t20-/m1/s1. The van der Waals surface area contributed by atoms with Gasteiger partial charge in [0.15, 0.2) is 0 Å². The van der Waals surface area contributed by atoms with Gasteiger partial charge in [0.25, 0.3) is 5.91 Å². The van der Waals surface area contributed by atoms with E-state index in [0.29, 0.717) is 25.4 Å². The number of methoxy groups -OCH3 is 1. The number of rotatable bonds is 3. The number of morpholine rings is 1. The van der Waals surface area contributed by atoms with Crippen molar-refractivity contribution in [3.8, 4) is 5.75 Å². The first kappa shape index (κ1) is 17.9. The second-order valence-electron chi connectivity index (χ2n) is 7.42. The molecule has 2 saturated heterocycles. The highest BCUT2D eigenvalue weighted by Crippen LogP contribution is 2.32. The first-order chi connectivity index (χ1) is 13.1. The normalized spacial score (nSPS) is 22.9. The van der Waals surface area contributed by atoms with E-state index in [1.165, 1.54) is 0 Å². The van der Waals surface area contributed by atoms with E-state index in [1.807, 2.05) is 24.0 Å². The van der Waals surface area contributed by atoms with Crippen molar-refractivity contribution in [3.63, 3.8) is 0 Å². The fourth-order valence-corrected chi connectivity index (χ4v) is 4.07. The zero-order valence-corrected chi connectivity index (χ0v) is 15.9. The molecule has 144 valence electrons. The molecule has 1 aromatic heterocycles. The van der Waals surface area contributed by atoms with Crippen molar-refractivity contribution in [2.24, 2.45) is 0 Å². The second kappa shape index (κ2) is 7.23. The summed E-state index contributed by atoms with van der Waals surface area (Å²) in [5.74, 6) is 0.828. The lowest BCUT2D eigenvalue weighted by Gasteiger charge is -2.48. The molecule has 0 radical (unpaired) electrons. The van der Waals surface area contributed by atoms with Crippen molar-refractivity contribution < 1.29 is 14.3 Å². The number of nitrogens with zero attached hydrogens (tertiary/aromatic N) is 3. The third-order valence-corrected chi connectivity index (χ3v) is 5.44. The van der Waals surface area contributed by atoms with Crippen LogP contribution < -0.4 is 9.64 Å². The number of aromatic nitrogens is 2. The Kier molecular flexibility index (Phi) is 4.78. The summed E-state index contributed by atoms with van der Waals surface area (Å²) >= 11 is 0. The van der Waals surface area contributed by atoms with Crippen LogP contribution in [-0.2, 0) is 4.74 Å². The lowest BCUT2D eigenvalue weighted by atomic mass is 9.90. The number of hydrogen-bond acceptors (Lipinski definition) is 5. The minimum atomic E-state index is -0.322. The summed E-state index contributed by atoms with van der Waals surface area (Å²) in [6.07, 6.45) is 2.00. The summed E-state index contributed by atoms with van der Waals surface area (Å²) in [6, 6.07) is 9.92. The summed E-state index contributed by atoms with van der Waals surface area (Å²) in [5.41, 5.74) is 2.21. The van der Waals surface area contributed by atoms with E-state index in [4.69, 9.17) is 9.47 Å². The van der Waals surface area contributed by atoms with Crippen LogP contribution in [0.3, 0.4) is 0 Å². The minimum Gasteiger partial charge on any atom is -0.497 e. The zero-order valence-electron chi connectivity index (χ0n) is 15.9. The van der Waals surface area contributed by atoms with Crippen LogP contribution in [-0.4, -0.2) is 66.5 Å². The number of aryl methyl sites for hydroxylation is 1. The maximum Gasteiger partial charge on any atom is 0.274 e. The van der Waals surface area contributed by atoms with Gasteiger partial charge in [0.1, 0.15) is 17.0 Å². The third kappa shape index (κ3) is 3.64. The number of H-pyrrole nitrogens is 1. The number of piperidine rings is 1. The molecule has 3 heterocycles. The van der Waals surface area contributed by atoms with Crippen LogP contribution >= 0.6 is 0 Å². The molecule has 2 aliphatic heterocycles. The molecule has 2 aromatic rings. The lowest BCUT2D eigenvalue weighted by molar-refractivity contribution is -0.105. The molecule has 7 nitrogen and oxygen atoms in total. The Morgan fingerprint density at radius 1 is 1.26 bits per heavy atom. The van der Waals surface area contributed by atoms with Gasteiger partial charge in [-0.2, -0.15) is 5.10 Å². The molecule has 0 unspecified atom stereocenters. The molecule has 1 N–H and O–H groups in total. The van der Waals surface area contributed by atoms with Gasteiger partial charge < -0.3 is 19.3 Å². The van der Waals surface area contributed by atoms with Crippen LogP contribution in [0, 0.1) is 6.92 Å². The van der Waals surface area contributed by atoms with E-state index >= 15 is 0 Å². The predicted molar refractivity (Wildman–Crippen MR) is 102 cm³/mol. The number of benzene rings is 1. The number of carbonyl (C=O) groups is 1. The first-order valence-electron chi connectivity index (χ1n) is 9.43. The van der Waals surface area contributed by atoms with E-state index in [2.05, 4.69) is 27.2 Å². The lowest BCUT2D eigenvalue weighted by Crippen LogP contribution is -2.60. The maximum atomic E-state index is 12.8. The highest BCUT2D eigenvalue weighted by Gasteiger charge is 2.42. The van der Waals surface area contributed by atoms with Crippen LogP contribution in [0.15, 0.2) is 30.3 Å². The highest BCUT2D eigenvalue weighted by molar-refractivity contribution is 5.92. The topological polar surface area (TPSA) is 70.7 Å². The largest absolute Gasteiger partial charge is 0.497 e. The number of nitrogens with one attached hydrogen (secondary N) is 1. The van der Waals surface area contributed by atoms with Crippen molar-refractivity contribution in [2.45, 2.75) is 25.4 Å². The van der Waals surface area contributed by atoms with Crippen LogP contribution in [0.1, 0.15) is 29.0 Å². The molecule has 0 aliphatic carbocycles. The van der Waals surface area contributed by atoms with Crippen molar-refractivity contribution in [2.75, 3.05) is 44.8 Å². The minimum absolute atomic E-state index is 0.0244. The van der Waals surface area contributed by atoms with E-state index in [0.717, 1.165) is 43.1 Å². The Hall–Kier alpha value is -2.54. The molecule has 2 fully saturated rings. The Labute approximate surface area is 159 Å². The molecule has 2 aliphatic rings. The van der Waals surface area contributed by atoms with E-state index in [1.54, 1.807) is 13.2 Å². The first-order valence-corrected chi connectivity index (χ1v) is 9.43. The molecule has 0 bridgehead atoms. The number of carbonyl (C=O) groups excluding carboxylic acids is 1. The molecule has 4 rings (SSSR count). The van der Waals surface area contributed by atoms with E-state index < -0.39 is 0 Å². The molecule has 7 heteroatoms. The zero-order chi connectivity index (χ0) is 18.9. The van der Waals surface area contributed by atoms with Crippen LogP contribution in [0.4, 0.5) is 5.69 Å². The molecule has 1 aromatic carbocycles. The van der Waals surface area contributed by atoms with Gasteiger partial charge in [-0.05, 0) is 50.1 Å². The summed E-state index contributed by atoms with van der Waals surface area (Å²) in [7, 11) is 1.67. The second-order valence-corrected chi connectivity index (χ2v) is 7.42. The summed E-state index contributed by atoms with van der Waals surface area (Å²) in [6.45, 7) is 5.44. The maximum absolute atomic E-state index is 12.8. The molecule has 1 atom stereocenters. The summed E-state index contributed by atoms with van der Waals surface area (Å²) in [5, 5.41) is 6.97. The monoisotopic (exact) mass is 370 g/mol. The molecular formula is C20H26N4O3. The molecule has 1 spiro atoms. The van der Waals surface area contributed by atoms with E-state index in [9.17, 15) is 4.79 Å². The van der Waals surface area contributed by atoms with Gasteiger partial charge >= 0.3 is 0 Å². The van der Waals surface area contributed by atoms with Crippen LogP contribution in [0.25, 0.3) is 0 Å². The van der Waals surface area contributed by atoms with Crippen LogP contribution in [0.5, 0.6) is 5.75 Å². The molecular weight excluding hydrogens is 344 g/mol. The average Bonchev–Trinajstić information content (AvgIpc) is 3.14. The molecule has 0 saturated carbocycles. The van der Waals surface area contributed by atoms with Gasteiger partial charge in [0, 0.05) is 31.0 Å². The predicted octanol–water partition coefficient (Wildman–Crippen LogP) is 2.24. The summed E-state index contributed by atoms with van der Waals surface area (Å²) < 4.78 is 11.5. The Morgan fingerprint density at radius 3 is 2.78 bits per heavy atom. The molecule has 27 heavy (non-hydrogen) atoms. The smallest absolute Gasteiger partial charge is 0.274 e. The Balaban J connectivity index is 1.48. The van der Waals surface area contributed by atoms with Crippen molar-refractivity contribution in [3.05, 3.63) is 41.7 Å². The number of amides is 1. The highest BCUT2D eigenvalue weighted by atomic mass is 16.5. The fourth-order valence-electron chi connectivity index (χ4n) is 4.07. The van der Waals surface area contributed by atoms with Crippen molar-refractivity contribution in [1.82, 2.24) is 15.1 Å². The SMILES string of the molecule is COc1ccc(N2CCC[C@]3(CN(C(=O)c4cc(C)[nH]n4)CCO3)C2)cc1. The Morgan fingerprint density at radius 2 is 2.07 bits per heavy atom. The van der Waals surface area contributed by atoms with Gasteiger partial charge in [-0.15, -0.1) is 0 Å². The van der Waals surface area contributed by atoms with Gasteiger partial charge in [-0.25, -0.2) is 0 Å². The van der Waals surface area contributed by atoms with Gasteiger partial charge in [-0.3, -0.25) is 9.89 Å².